The Labute approximate surface area is 162 Å². The molecule has 26 heavy (non-hydrogen) atoms. The molecule has 0 aliphatic carbocycles. The van der Waals surface area contributed by atoms with Crippen LogP contribution in [0, 0.1) is 0 Å². The van der Waals surface area contributed by atoms with Crippen LogP contribution in [-0.2, 0) is 13.0 Å². The van der Waals surface area contributed by atoms with Gasteiger partial charge in [0.05, 0.1) is 11.9 Å². The minimum absolute atomic E-state index is 0.0426. The summed E-state index contributed by atoms with van der Waals surface area (Å²) in [5.41, 5.74) is 1.72. The molecule has 0 saturated carbocycles. The van der Waals surface area contributed by atoms with Gasteiger partial charge in [0.1, 0.15) is 0 Å². The van der Waals surface area contributed by atoms with Crippen molar-refractivity contribution in [2.75, 3.05) is 5.32 Å². The maximum Gasteiger partial charge on any atom is 0.322 e. The third kappa shape index (κ3) is 5.07. The van der Waals surface area contributed by atoms with Crippen LogP contribution in [0.2, 0.25) is 5.02 Å². The van der Waals surface area contributed by atoms with Crippen molar-refractivity contribution in [1.29, 1.82) is 0 Å². The molecule has 2 aromatic heterocycles. The largest absolute Gasteiger partial charge is 0.322 e. The van der Waals surface area contributed by atoms with E-state index in [0.717, 1.165) is 12.0 Å². The molecular weight excluding hydrogens is 366 g/mol. The highest BCUT2D eigenvalue weighted by atomic mass is 35.5. The van der Waals surface area contributed by atoms with Gasteiger partial charge in [-0.05, 0) is 48.2 Å². The van der Waals surface area contributed by atoms with Crippen molar-refractivity contribution in [3.05, 3.63) is 81.8 Å². The number of aromatic nitrogens is 1. The molecule has 134 valence electrons. The second kappa shape index (κ2) is 8.83. The van der Waals surface area contributed by atoms with Crippen LogP contribution in [0.15, 0.2) is 66.3 Å². The number of nitrogens with zero attached hydrogens (tertiary/aromatic N) is 2. The van der Waals surface area contributed by atoms with Crippen LogP contribution in [0.3, 0.4) is 0 Å². The predicted octanol–water partition coefficient (Wildman–Crippen LogP) is 5.46. The zero-order chi connectivity index (χ0) is 18.4. The lowest BCUT2D eigenvalue weighted by molar-refractivity contribution is 0.188. The van der Waals surface area contributed by atoms with E-state index < -0.39 is 0 Å². The molecule has 1 aromatic carbocycles. The average Bonchev–Trinajstić information content (AvgIpc) is 3.15. The van der Waals surface area contributed by atoms with E-state index in [9.17, 15) is 4.79 Å². The lowest BCUT2D eigenvalue weighted by atomic mass is 10.1. The maximum atomic E-state index is 12.9. The normalized spacial score (nSPS) is 11.8. The van der Waals surface area contributed by atoms with Gasteiger partial charge in [0, 0.05) is 35.1 Å². The van der Waals surface area contributed by atoms with Gasteiger partial charge in [-0.3, -0.25) is 4.98 Å². The summed E-state index contributed by atoms with van der Waals surface area (Å²) in [6.45, 7) is 2.58. The van der Waals surface area contributed by atoms with Gasteiger partial charge < -0.3 is 10.2 Å². The van der Waals surface area contributed by atoms with Crippen LogP contribution >= 0.6 is 22.9 Å². The minimum atomic E-state index is -0.142. The predicted molar refractivity (Wildman–Crippen MR) is 108 cm³/mol. The molecule has 3 rings (SSSR count). The standard InChI is InChI=1S/C20H20ClN3OS/c1-15(12-19-5-3-11-26-19)24(14-16-6-8-17(21)9-7-16)20(25)23-18-4-2-10-22-13-18/h2-11,13,15H,12,14H2,1H3,(H,23,25). The van der Waals surface area contributed by atoms with E-state index in [1.165, 1.54) is 4.88 Å². The number of benzene rings is 1. The van der Waals surface area contributed by atoms with Crippen molar-refractivity contribution in [1.82, 2.24) is 9.88 Å². The van der Waals surface area contributed by atoms with Crippen molar-refractivity contribution >= 4 is 34.7 Å². The molecule has 0 bridgehead atoms. The highest BCUT2D eigenvalue weighted by Gasteiger charge is 2.21. The maximum absolute atomic E-state index is 12.9. The highest BCUT2D eigenvalue weighted by molar-refractivity contribution is 7.09. The van der Waals surface area contributed by atoms with Gasteiger partial charge in [-0.2, -0.15) is 0 Å². The Bertz CT molecular complexity index is 822. The molecule has 1 atom stereocenters. The van der Waals surface area contributed by atoms with Gasteiger partial charge in [0.2, 0.25) is 0 Å². The van der Waals surface area contributed by atoms with Gasteiger partial charge >= 0.3 is 6.03 Å². The molecule has 0 spiro atoms. The Hall–Kier alpha value is -2.37. The van der Waals surface area contributed by atoms with Crippen LogP contribution in [0.4, 0.5) is 10.5 Å². The molecule has 1 unspecified atom stereocenters. The topological polar surface area (TPSA) is 45.2 Å². The number of nitrogens with one attached hydrogen (secondary N) is 1. The summed E-state index contributed by atoms with van der Waals surface area (Å²) >= 11 is 7.68. The number of hydrogen-bond acceptors (Lipinski definition) is 3. The fourth-order valence-corrected chi connectivity index (χ4v) is 3.63. The van der Waals surface area contributed by atoms with E-state index in [4.69, 9.17) is 11.6 Å². The summed E-state index contributed by atoms with van der Waals surface area (Å²) in [6.07, 6.45) is 4.13. The first-order valence-electron chi connectivity index (χ1n) is 8.36. The number of urea groups is 1. The lowest BCUT2D eigenvalue weighted by Crippen LogP contribution is -2.42. The Kier molecular flexibility index (Phi) is 6.26. The van der Waals surface area contributed by atoms with Crippen LogP contribution in [0.5, 0.6) is 0 Å². The summed E-state index contributed by atoms with van der Waals surface area (Å²) in [5, 5.41) is 5.68. The molecule has 1 N–H and O–H groups in total. The van der Waals surface area contributed by atoms with Crippen LogP contribution < -0.4 is 5.32 Å². The van der Waals surface area contributed by atoms with Crippen molar-refractivity contribution in [2.45, 2.75) is 25.9 Å². The van der Waals surface area contributed by atoms with Gasteiger partial charge in [-0.25, -0.2) is 4.79 Å². The number of pyridine rings is 1. The van der Waals surface area contributed by atoms with E-state index >= 15 is 0 Å². The van der Waals surface area contributed by atoms with Crippen molar-refractivity contribution in [3.8, 4) is 0 Å². The first-order valence-corrected chi connectivity index (χ1v) is 9.62. The van der Waals surface area contributed by atoms with E-state index in [-0.39, 0.29) is 12.1 Å². The monoisotopic (exact) mass is 385 g/mol. The smallest absolute Gasteiger partial charge is 0.317 e. The fraction of sp³-hybridized carbons (Fsp3) is 0.200. The molecule has 0 radical (unpaired) electrons. The number of halogens is 1. The summed E-state index contributed by atoms with van der Waals surface area (Å²) in [4.78, 5) is 20.1. The summed E-state index contributed by atoms with van der Waals surface area (Å²) in [6, 6.07) is 15.2. The minimum Gasteiger partial charge on any atom is -0.317 e. The quantitative estimate of drug-likeness (QED) is 0.612. The van der Waals surface area contributed by atoms with Crippen molar-refractivity contribution < 1.29 is 4.79 Å². The van der Waals surface area contributed by atoms with Crippen LogP contribution in [0.25, 0.3) is 0 Å². The molecule has 3 aromatic rings. The molecule has 0 fully saturated rings. The first-order chi connectivity index (χ1) is 12.6. The summed E-state index contributed by atoms with van der Waals surface area (Å²) in [7, 11) is 0. The number of rotatable bonds is 6. The Morgan fingerprint density at radius 1 is 1.23 bits per heavy atom. The van der Waals surface area contributed by atoms with Crippen LogP contribution in [-0.4, -0.2) is 22.0 Å². The highest BCUT2D eigenvalue weighted by Crippen LogP contribution is 2.19. The molecule has 6 heteroatoms. The number of carbonyl (C=O) groups is 1. The summed E-state index contributed by atoms with van der Waals surface area (Å²) in [5.74, 6) is 0. The molecule has 2 heterocycles. The number of anilines is 1. The first kappa shape index (κ1) is 18.4. The van der Waals surface area contributed by atoms with Gasteiger partial charge in [0.25, 0.3) is 0 Å². The third-order valence-electron chi connectivity index (χ3n) is 4.05. The zero-order valence-electron chi connectivity index (χ0n) is 14.4. The van der Waals surface area contributed by atoms with E-state index in [2.05, 4.69) is 28.7 Å². The van der Waals surface area contributed by atoms with E-state index in [1.807, 2.05) is 41.3 Å². The van der Waals surface area contributed by atoms with Crippen molar-refractivity contribution in [2.24, 2.45) is 0 Å². The van der Waals surface area contributed by atoms with E-state index in [0.29, 0.717) is 17.3 Å². The molecular formula is C20H20ClN3OS. The molecule has 0 saturated heterocycles. The average molecular weight is 386 g/mol. The molecule has 0 aliphatic rings. The van der Waals surface area contributed by atoms with Crippen LogP contribution in [0.1, 0.15) is 17.4 Å². The SMILES string of the molecule is CC(Cc1cccs1)N(Cc1ccc(Cl)cc1)C(=O)Nc1cccnc1. The van der Waals surface area contributed by atoms with Gasteiger partial charge in [0.15, 0.2) is 0 Å². The van der Waals surface area contributed by atoms with E-state index in [1.54, 1.807) is 29.8 Å². The molecule has 2 amide bonds. The van der Waals surface area contributed by atoms with Gasteiger partial charge in [-0.15, -0.1) is 11.3 Å². The number of carbonyl (C=O) groups excluding carboxylic acids is 1. The van der Waals surface area contributed by atoms with Crippen molar-refractivity contribution in [3.63, 3.8) is 0 Å². The lowest BCUT2D eigenvalue weighted by Gasteiger charge is -2.29. The molecule has 4 nitrogen and oxygen atoms in total. The third-order valence-corrected chi connectivity index (χ3v) is 5.20. The zero-order valence-corrected chi connectivity index (χ0v) is 16.0. The molecule has 0 aliphatic heterocycles. The fourth-order valence-electron chi connectivity index (χ4n) is 2.68. The summed E-state index contributed by atoms with van der Waals surface area (Å²) < 4.78 is 0. The second-order valence-electron chi connectivity index (χ2n) is 6.06. The number of hydrogen-bond donors (Lipinski definition) is 1. The Morgan fingerprint density at radius 2 is 2.04 bits per heavy atom. The Morgan fingerprint density at radius 3 is 2.69 bits per heavy atom. The second-order valence-corrected chi connectivity index (χ2v) is 7.53. The Balaban J connectivity index is 1.77. The number of amides is 2. The number of thiophene rings is 1. The van der Waals surface area contributed by atoms with Gasteiger partial charge in [-0.1, -0.05) is 29.8 Å².